The molecule has 0 saturated carbocycles. The minimum atomic E-state index is -0.122. The van der Waals surface area contributed by atoms with Crippen LogP contribution in [0.15, 0.2) is 48.1 Å². The van der Waals surface area contributed by atoms with Crippen LogP contribution >= 0.6 is 11.3 Å². The average molecular weight is 354 g/mol. The van der Waals surface area contributed by atoms with Crippen molar-refractivity contribution in [2.24, 2.45) is 0 Å². The number of carbonyl (C=O) groups is 1. The second kappa shape index (κ2) is 7.06. The van der Waals surface area contributed by atoms with Gasteiger partial charge in [-0.05, 0) is 36.1 Å². The molecule has 0 saturated heterocycles. The zero-order valence-corrected chi connectivity index (χ0v) is 14.4. The van der Waals surface area contributed by atoms with Crippen molar-refractivity contribution in [2.45, 2.75) is 25.5 Å². The molecule has 3 aromatic rings. The number of thiophene rings is 1. The van der Waals surface area contributed by atoms with Crippen molar-refractivity contribution in [1.82, 2.24) is 20.1 Å². The topological polar surface area (TPSA) is 69.0 Å². The number of fused-ring (bicyclic) bond motifs is 1. The molecule has 1 aliphatic rings. The van der Waals surface area contributed by atoms with Gasteiger partial charge in [0.1, 0.15) is 17.5 Å². The summed E-state index contributed by atoms with van der Waals surface area (Å²) < 4.78 is 7.76. The summed E-state index contributed by atoms with van der Waals surface area (Å²) in [6.07, 6.45) is 5.04. The first-order chi connectivity index (χ1) is 12.3. The minimum Gasteiger partial charge on any atom is -0.486 e. The lowest BCUT2D eigenvalue weighted by Gasteiger charge is -2.12. The van der Waals surface area contributed by atoms with Crippen LogP contribution in [0.25, 0.3) is 0 Å². The first-order valence-corrected chi connectivity index (χ1v) is 9.10. The largest absolute Gasteiger partial charge is 0.486 e. The van der Waals surface area contributed by atoms with Gasteiger partial charge in [0.25, 0.3) is 5.91 Å². The molecule has 7 heteroatoms. The van der Waals surface area contributed by atoms with Crippen molar-refractivity contribution in [1.29, 1.82) is 0 Å². The van der Waals surface area contributed by atoms with Gasteiger partial charge in [0, 0.05) is 29.7 Å². The van der Waals surface area contributed by atoms with E-state index in [0.717, 1.165) is 24.3 Å². The smallest absolute Gasteiger partial charge is 0.271 e. The van der Waals surface area contributed by atoms with Crippen LogP contribution in [0.1, 0.15) is 21.1 Å². The first kappa shape index (κ1) is 15.8. The number of nitrogens with one attached hydrogen (secondary N) is 1. The third-order valence-electron chi connectivity index (χ3n) is 4.08. The maximum Gasteiger partial charge on any atom is 0.271 e. The van der Waals surface area contributed by atoms with E-state index in [9.17, 15) is 4.79 Å². The number of hydrogen-bond donors (Lipinski definition) is 1. The van der Waals surface area contributed by atoms with Crippen molar-refractivity contribution < 1.29 is 9.53 Å². The van der Waals surface area contributed by atoms with Gasteiger partial charge in [0.2, 0.25) is 0 Å². The first-order valence-electron chi connectivity index (χ1n) is 8.22. The zero-order chi connectivity index (χ0) is 17.1. The standard InChI is InChI=1S/C18H18N4O2S/c23-18(20-7-5-16-4-2-8-25-16)17-10-13-9-15(12-22(13)21-17)24-14-3-1-6-19-11-14/h1-4,6,8,10-11,15H,5,7,9,12H2,(H,20,23)/t15-/m0/s1. The molecule has 0 fully saturated rings. The number of ether oxygens (including phenoxy) is 1. The molecule has 0 bridgehead atoms. The molecule has 0 unspecified atom stereocenters. The van der Waals surface area contributed by atoms with Crippen molar-refractivity contribution in [2.75, 3.05) is 6.54 Å². The summed E-state index contributed by atoms with van der Waals surface area (Å²) in [4.78, 5) is 17.5. The SMILES string of the molecule is O=C(NCCc1cccs1)c1cc2n(n1)C[C@@H](Oc1cccnc1)C2. The van der Waals surface area contributed by atoms with Crippen LogP contribution in [0.4, 0.5) is 0 Å². The van der Waals surface area contributed by atoms with Gasteiger partial charge in [-0.1, -0.05) is 6.07 Å². The molecule has 4 heterocycles. The fourth-order valence-electron chi connectivity index (χ4n) is 2.91. The van der Waals surface area contributed by atoms with E-state index in [4.69, 9.17) is 4.74 Å². The summed E-state index contributed by atoms with van der Waals surface area (Å²) in [6, 6.07) is 9.69. The highest BCUT2D eigenvalue weighted by molar-refractivity contribution is 7.09. The second-order valence-electron chi connectivity index (χ2n) is 5.92. The van der Waals surface area contributed by atoms with E-state index in [1.807, 2.05) is 34.3 Å². The summed E-state index contributed by atoms with van der Waals surface area (Å²) >= 11 is 1.70. The molecule has 0 aromatic carbocycles. The van der Waals surface area contributed by atoms with Crippen LogP contribution in [0, 0.1) is 0 Å². The molecule has 1 aliphatic heterocycles. The van der Waals surface area contributed by atoms with Gasteiger partial charge < -0.3 is 10.1 Å². The van der Waals surface area contributed by atoms with E-state index in [-0.39, 0.29) is 12.0 Å². The molecule has 1 atom stereocenters. The average Bonchev–Trinajstić information content (AvgIpc) is 3.32. The number of nitrogens with zero attached hydrogens (tertiary/aromatic N) is 3. The van der Waals surface area contributed by atoms with Crippen LogP contribution < -0.4 is 10.1 Å². The van der Waals surface area contributed by atoms with Crippen molar-refractivity contribution in [3.8, 4) is 5.75 Å². The second-order valence-corrected chi connectivity index (χ2v) is 6.95. The Balaban J connectivity index is 1.30. The Hall–Kier alpha value is -2.67. The van der Waals surface area contributed by atoms with Crippen LogP contribution in [-0.4, -0.2) is 33.3 Å². The van der Waals surface area contributed by atoms with Gasteiger partial charge in [-0.2, -0.15) is 5.10 Å². The van der Waals surface area contributed by atoms with Gasteiger partial charge in [-0.25, -0.2) is 0 Å². The number of carbonyl (C=O) groups excluding carboxylic acids is 1. The lowest BCUT2D eigenvalue weighted by atomic mass is 10.2. The molecule has 4 rings (SSSR count). The number of pyridine rings is 1. The van der Waals surface area contributed by atoms with Gasteiger partial charge in [0.05, 0.1) is 12.7 Å². The van der Waals surface area contributed by atoms with Gasteiger partial charge in [-0.3, -0.25) is 14.5 Å². The summed E-state index contributed by atoms with van der Waals surface area (Å²) in [5, 5.41) is 9.38. The van der Waals surface area contributed by atoms with Gasteiger partial charge >= 0.3 is 0 Å². The molecule has 1 amide bonds. The molecular formula is C18H18N4O2S. The molecule has 128 valence electrons. The quantitative estimate of drug-likeness (QED) is 0.738. The fraction of sp³-hybridized carbons (Fsp3) is 0.278. The Morgan fingerprint density at radius 2 is 2.36 bits per heavy atom. The number of amides is 1. The van der Waals surface area contributed by atoms with Crippen LogP contribution in [0.3, 0.4) is 0 Å². The number of rotatable bonds is 6. The van der Waals surface area contributed by atoms with E-state index in [2.05, 4.69) is 21.5 Å². The summed E-state index contributed by atoms with van der Waals surface area (Å²) in [7, 11) is 0. The monoisotopic (exact) mass is 354 g/mol. The highest BCUT2D eigenvalue weighted by Crippen LogP contribution is 2.21. The Bertz CT molecular complexity index is 822. The maximum absolute atomic E-state index is 12.2. The third-order valence-corrected chi connectivity index (χ3v) is 5.02. The highest BCUT2D eigenvalue weighted by Gasteiger charge is 2.26. The Kier molecular flexibility index (Phi) is 4.47. The summed E-state index contributed by atoms with van der Waals surface area (Å²) in [5.41, 5.74) is 1.50. The van der Waals surface area contributed by atoms with Crippen LogP contribution in [0.5, 0.6) is 5.75 Å². The maximum atomic E-state index is 12.2. The molecule has 3 aromatic heterocycles. The molecule has 0 radical (unpaired) electrons. The lowest BCUT2D eigenvalue weighted by Crippen LogP contribution is -2.26. The Morgan fingerprint density at radius 1 is 1.40 bits per heavy atom. The Labute approximate surface area is 149 Å². The third kappa shape index (κ3) is 3.71. The van der Waals surface area contributed by atoms with Crippen LogP contribution in [-0.2, 0) is 19.4 Å². The van der Waals surface area contributed by atoms with Gasteiger partial charge in [0.15, 0.2) is 0 Å². The van der Waals surface area contributed by atoms with E-state index in [1.54, 1.807) is 23.7 Å². The Morgan fingerprint density at radius 3 is 3.12 bits per heavy atom. The van der Waals surface area contributed by atoms with Crippen molar-refractivity contribution in [3.63, 3.8) is 0 Å². The van der Waals surface area contributed by atoms with E-state index in [0.29, 0.717) is 18.8 Å². The van der Waals surface area contributed by atoms with E-state index < -0.39 is 0 Å². The van der Waals surface area contributed by atoms with Crippen molar-refractivity contribution >= 4 is 17.2 Å². The molecule has 6 nitrogen and oxygen atoms in total. The normalized spacial score (nSPS) is 15.8. The minimum absolute atomic E-state index is 0.0302. The number of hydrogen-bond acceptors (Lipinski definition) is 5. The summed E-state index contributed by atoms with van der Waals surface area (Å²) in [5.74, 6) is 0.632. The fourth-order valence-corrected chi connectivity index (χ4v) is 3.62. The molecular weight excluding hydrogens is 336 g/mol. The lowest BCUT2D eigenvalue weighted by molar-refractivity contribution is 0.0947. The predicted molar refractivity (Wildman–Crippen MR) is 94.9 cm³/mol. The predicted octanol–water partition coefficient (Wildman–Crippen LogP) is 2.32. The summed E-state index contributed by atoms with van der Waals surface area (Å²) in [6.45, 7) is 1.26. The zero-order valence-electron chi connectivity index (χ0n) is 13.6. The molecule has 1 N–H and O–H groups in total. The van der Waals surface area contributed by atoms with E-state index in [1.165, 1.54) is 4.88 Å². The van der Waals surface area contributed by atoms with Crippen molar-refractivity contribution in [3.05, 3.63) is 64.4 Å². The number of aromatic nitrogens is 3. The highest BCUT2D eigenvalue weighted by atomic mass is 32.1. The molecule has 0 spiro atoms. The van der Waals surface area contributed by atoms with E-state index >= 15 is 0 Å². The molecule has 25 heavy (non-hydrogen) atoms. The van der Waals surface area contributed by atoms with Gasteiger partial charge in [-0.15, -0.1) is 11.3 Å². The van der Waals surface area contributed by atoms with Crippen LogP contribution in [0.2, 0.25) is 0 Å². The molecule has 0 aliphatic carbocycles.